The van der Waals surface area contributed by atoms with Crippen molar-refractivity contribution in [2.24, 2.45) is 4.99 Å². The van der Waals surface area contributed by atoms with Crippen molar-refractivity contribution in [3.05, 3.63) is 35.4 Å². The number of aryl methyl sites for hydroxylation is 1. The highest BCUT2D eigenvalue weighted by Gasteiger charge is 1.98. The smallest absolute Gasteiger partial charge is 0.191 e. The van der Waals surface area contributed by atoms with Crippen LogP contribution in [0.25, 0.3) is 0 Å². The summed E-state index contributed by atoms with van der Waals surface area (Å²) in [5.41, 5.74) is 2.50. The third-order valence-electron chi connectivity index (χ3n) is 3.32. The lowest BCUT2D eigenvalue weighted by Crippen LogP contribution is -2.37. The summed E-state index contributed by atoms with van der Waals surface area (Å²) in [5, 5.41) is 6.64. The topological polar surface area (TPSA) is 54.9 Å². The Morgan fingerprint density at radius 3 is 2.46 bits per heavy atom. The van der Waals surface area contributed by atoms with Crippen molar-refractivity contribution in [3.63, 3.8) is 0 Å². The van der Waals surface area contributed by atoms with E-state index in [2.05, 4.69) is 53.7 Å². The van der Waals surface area contributed by atoms with Gasteiger partial charge in [0.15, 0.2) is 5.96 Å². The number of halogens is 1. The Hall–Kier alpha value is -0.860. The van der Waals surface area contributed by atoms with Crippen LogP contribution in [0.3, 0.4) is 0 Å². The van der Waals surface area contributed by atoms with E-state index in [1.807, 2.05) is 0 Å². The molecule has 0 bridgehead atoms. The van der Waals surface area contributed by atoms with Crippen LogP contribution in [0.15, 0.2) is 29.3 Å². The van der Waals surface area contributed by atoms with Crippen molar-refractivity contribution >= 4 is 29.9 Å². The Morgan fingerprint density at radius 1 is 1.04 bits per heavy atom. The lowest BCUT2D eigenvalue weighted by atomic mass is 10.1. The van der Waals surface area contributed by atoms with E-state index in [0.717, 1.165) is 38.5 Å². The summed E-state index contributed by atoms with van der Waals surface area (Å²) in [6.45, 7) is 8.73. The van der Waals surface area contributed by atoms with Gasteiger partial charge in [0.2, 0.25) is 0 Å². The molecule has 0 saturated carbocycles. The van der Waals surface area contributed by atoms with Crippen molar-refractivity contribution in [2.45, 2.75) is 33.2 Å². The van der Waals surface area contributed by atoms with Crippen LogP contribution in [-0.4, -0.2) is 46.0 Å². The van der Waals surface area contributed by atoms with Gasteiger partial charge >= 0.3 is 0 Å². The Bertz CT molecular complexity index is 438. The zero-order chi connectivity index (χ0) is 16.8. The minimum Gasteiger partial charge on any atom is -0.382 e. The molecule has 1 aromatic carbocycles. The number of methoxy groups -OCH3 is 1. The van der Waals surface area contributed by atoms with Gasteiger partial charge in [-0.1, -0.05) is 29.8 Å². The molecule has 0 atom stereocenters. The van der Waals surface area contributed by atoms with Crippen LogP contribution in [0.5, 0.6) is 0 Å². The number of nitrogens with zero attached hydrogens (tertiary/aromatic N) is 1. The van der Waals surface area contributed by atoms with Gasteiger partial charge in [0.25, 0.3) is 0 Å². The summed E-state index contributed by atoms with van der Waals surface area (Å²) in [7, 11) is 1.69. The average molecular weight is 449 g/mol. The summed E-state index contributed by atoms with van der Waals surface area (Å²) < 4.78 is 10.4. The number of aliphatic imine (C=N–C) groups is 1. The first-order valence-electron chi connectivity index (χ1n) is 8.40. The van der Waals surface area contributed by atoms with Crippen LogP contribution < -0.4 is 10.6 Å². The van der Waals surface area contributed by atoms with Gasteiger partial charge in [-0.3, -0.25) is 0 Å². The molecule has 0 spiro atoms. The third kappa shape index (κ3) is 11.6. The highest BCUT2D eigenvalue weighted by atomic mass is 127. The molecule has 0 saturated heterocycles. The van der Waals surface area contributed by atoms with Crippen molar-refractivity contribution in [3.8, 4) is 0 Å². The maximum Gasteiger partial charge on any atom is 0.191 e. The molecule has 0 fully saturated rings. The minimum atomic E-state index is 0. The van der Waals surface area contributed by atoms with Crippen LogP contribution in [-0.2, 0) is 16.0 Å². The number of benzene rings is 1. The van der Waals surface area contributed by atoms with Crippen molar-refractivity contribution < 1.29 is 9.47 Å². The van der Waals surface area contributed by atoms with Gasteiger partial charge in [0.05, 0.1) is 19.8 Å². The summed E-state index contributed by atoms with van der Waals surface area (Å²) >= 11 is 0. The fourth-order valence-electron chi connectivity index (χ4n) is 1.99. The molecule has 0 unspecified atom stereocenters. The van der Waals surface area contributed by atoms with Crippen molar-refractivity contribution in [2.75, 3.05) is 40.0 Å². The summed E-state index contributed by atoms with van der Waals surface area (Å²) in [6, 6.07) is 8.49. The Labute approximate surface area is 163 Å². The number of guanidine groups is 1. The number of nitrogens with one attached hydrogen (secondary N) is 2. The van der Waals surface area contributed by atoms with E-state index < -0.39 is 0 Å². The molecule has 138 valence electrons. The van der Waals surface area contributed by atoms with Crippen LogP contribution in [0.2, 0.25) is 0 Å². The van der Waals surface area contributed by atoms with E-state index in [-0.39, 0.29) is 24.0 Å². The Morgan fingerprint density at radius 2 is 1.79 bits per heavy atom. The highest BCUT2D eigenvalue weighted by molar-refractivity contribution is 14.0. The van der Waals surface area contributed by atoms with Gasteiger partial charge in [0.1, 0.15) is 0 Å². The van der Waals surface area contributed by atoms with Gasteiger partial charge in [-0.05, 0) is 32.3 Å². The fraction of sp³-hybridized carbons (Fsp3) is 0.611. The quantitative estimate of drug-likeness (QED) is 0.236. The van der Waals surface area contributed by atoms with E-state index in [4.69, 9.17) is 9.47 Å². The molecule has 0 radical (unpaired) electrons. The number of unbranched alkanes of at least 4 members (excludes halogenated alkanes) is 1. The molecule has 1 aromatic rings. The predicted molar refractivity (Wildman–Crippen MR) is 111 cm³/mol. The van der Waals surface area contributed by atoms with Crippen molar-refractivity contribution in [1.82, 2.24) is 10.6 Å². The molecule has 0 aliphatic rings. The SMILES string of the molecule is CCNC(=NCc1ccc(C)cc1)NCCCCOCCOC.I. The van der Waals surface area contributed by atoms with Crippen LogP contribution in [0.4, 0.5) is 0 Å². The summed E-state index contributed by atoms with van der Waals surface area (Å²) in [6.07, 6.45) is 2.09. The van der Waals surface area contributed by atoms with E-state index in [9.17, 15) is 0 Å². The predicted octanol–water partition coefficient (Wildman–Crippen LogP) is 3.11. The standard InChI is InChI=1S/C18H31N3O2.HI/c1-4-19-18(20-11-5-6-12-23-14-13-22-3)21-15-17-9-7-16(2)8-10-17;/h7-10H,4-6,11-15H2,1-3H3,(H2,19,20,21);1H. The molecule has 0 heterocycles. The first-order chi connectivity index (χ1) is 11.3. The monoisotopic (exact) mass is 449 g/mol. The number of hydrogen-bond acceptors (Lipinski definition) is 3. The van der Waals surface area contributed by atoms with Crippen molar-refractivity contribution in [1.29, 1.82) is 0 Å². The van der Waals surface area contributed by atoms with E-state index in [1.54, 1.807) is 7.11 Å². The van der Waals surface area contributed by atoms with Gasteiger partial charge in [0, 0.05) is 26.8 Å². The van der Waals surface area contributed by atoms with Gasteiger partial charge < -0.3 is 20.1 Å². The Kier molecular flexibility index (Phi) is 15.1. The molecule has 0 aromatic heterocycles. The second-order valence-corrected chi connectivity index (χ2v) is 5.42. The molecule has 1 rings (SSSR count). The van der Waals surface area contributed by atoms with E-state index >= 15 is 0 Å². The molecular formula is C18H32IN3O2. The van der Waals surface area contributed by atoms with Gasteiger partial charge in [-0.15, -0.1) is 24.0 Å². The number of hydrogen-bond donors (Lipinski definition) is 2. The normalized spacial score (nSPS) is 11.0. The maximum atomic E-state index is 5.44. The van der Waals surface area contributed by atoms with Gasteiger partial charge in [-0.25, -0.2) is 4.99 Å². The molecule has 0 aliphatic carbocycles. The van der Waals surface area contributed by atoms with Crippen LogP contribution in [0, 0.1) is 6.92 Å². The molecular weight excluding hydrogens is 417 g/mol. The summed E-state index contributed by atoms with van der Waals surface area (Å²) in [4.78, 5) is 4.62. The first kappa shape index (κ1) is 23.1. The molecule has 5 nitrogen and oxygen atoms in total. The maximum absolute atomic E-state index is 5.44. The highest BCUT2D eigenvalue weighted by Crippen LogP contribution is 2.04. The van der Waals surface area contributed by atoms with Gasteiger partial charge in [-0.2, -0.15) is 0 Å². The molecule has 0 aliphatic heterocycles. The molecule has 2 N–H and O–H groups in total. The zero-order valence-corrected chi connectivity index (χ0v) is 17.5. The lowest BCUT2D eigenvalue weighted by molar-refractivity contribution is 0.0689. The minimum absolute atomic E-state index is 0. The number of rotatable bonds is 11. The summed E-state index contributed by atoms with van der Waals surface area (Å²) in [5.74, 6) is 0.869. The number of ether oxygens (including phenoxy) is 2. The Balaban J connectivity index is 0.00000529. The average Bonchev–Trinajstić information content (AvgIpc) is 2.56. The zero-order valence-electron chi connectivity index (χ0n) is 15.1. The molecule has 0 amide bonds. The van der Waals surface area contributed by atoms with Crippen LogP contribution >= 0.6 is 24.0 Å². The second kappa shape index (κ2) is 15.7. The molecule has 6 heteroatoms. The fourth-order valence-corrected chi connectivity index (χ4v) is 1.99. The lowest BCUT2D eigenvalue weighted by Gasteiger charge is -2.11. The van der Waals surface area contributed by atoms with E-state index in [1.165, 1.54) is 11.1 Å². The largest absolute Gasteiger partial charge is 0.382 e. The van der Waals surface area contributed by atoms with E-state index in [0.29, 0.717) is 19.8 Å². The van der Waals surface area contributed by atoms with Crippen LogP contribution in [0.1, 0.15) is 30.9 Å². The first-order valence-corrected chi connectivity index (χ1v) is 8.40. The third-order valence-corrected chi connectivity index (χ3v) is 3.32. The molecule has 24 heavy (non-hydrogen) atoms. The second-order valence-electron chi connectivity index (χ2n) is 5.42.